The van der Waals surface area contributed by atoms with Gasteiger partial charge in [-0.15, -0.1) is 0 Å². The van der Waals surface area contributed by atoms with Gasteiger partial charge < -0.3 is 0 Å². The maximum Gasteiger partial charge on any atom is 0.0725 e. The Morgan fingerprint density at radius 3 is 1.22 bits per heavy atom. The molecule has 0 unspecified atom stereocenters. The van der Waals surface area contributed by atoms with Gasteiger partial charge in [-0.1, -0.05) is 170 Å². The van der Waals surface area contributed by atoms with Gasteiger partial charge in [0, 0.05) is 11.1 Å². The first-order valence-corrected chi connectivity index (χ1v) is 17.0. The molecule has 10 rings (SSSR count). The molecule has 0 saturated carbocycles. The van der Waals surface area contributed by atoms with Crippen LogP contribution in [-0.4, -0.2) is 4.98 Å². The predicted octanol–water partition coefficient (Wildman–Crippen LogP) is 12.1. The molecule has 0 N–H and O–H groups in total. The standard InChI is InChI=1S/C48H31N/c1-3-13-32(14-4-1)34-23-25-35(26-24-34)46-30-37(33-15-5-2-6-16-33)31-47(49-46)36-27-28-45-41(29-36)40-19-9-12-22-44(40)48(45)42-20-10-7-17-38(42)39-18-8-11-21-43(39)48/h1-31H. The van der Waals surface area contributed by atoms with Crippen molar-refractivity contribution in [2.45, 2.75) is 5.41 Å². The monoisotopic (exact) mass is 621 g/mol. The molecule has 1 nitrogen and oxygen atoms in total. The van der Waals surface area contributed by atoms with Crippen LogP contribution in [0.5, 0.6) is 0 Å². The first kappa shape index (κ1) is 27.8. The van der Waals surface area contributed by atoms with Crippen LogP contribution in [0, 0.1) is 0 Å². The van der Waals surface area contributed by atoms with Crippen LogP contribution in [-0.2, 0) is 5.41 Å². The van der Waals surface area contributed by atoms with E-state index >= 15 is 0 Å². The van der Waals surface area contributed by atoms with E-state index < -0.39 is 0 Å². The molecule has 0 saturated heterocycles. The highest BCUT2D eigenvalue weighted by Crippen LogP contribution is 2.62. The fraction of sp³-hybridized carbons (Fsp3) is 0.0208. The van der Waals surface area contributed by atoms with Gasteiger partial charge in [-0.2, -0.15) is 0 Å². The topological polar surface area (TPSA) is 12.9 Å². The number of pyridine rings is 1. The molecule has 0 amide bonds. The molecule has 8 aromatic rings. The van der Waals surface area contributed by atoms with Gasteiger partial charge in [0.1, 0.15) is 0 Å². The fourth-order valence-corrected chi connectivity index (χ4v) is 8.35. The maximum absolute atomic E-state index is 5.34. The van der Waals surface area contributed by atoms with E-state index in [1.807, 2.05) is 0 Å². The summed E-state index contributed by atoms with van der Waals surface area (Å²) >= 11 is 0. The third-order valence-electron chi connectivity index (χ3n) is 10.5. The van der Waals surface area contributed by atoms with Gasteiger partial charge in [0.15, 0.2) is 0 Å². The average Bonchev–Trinajstić information content (AvgIpc) is 3.65. The van der Waals surface area contributed by atoms with Crippen LogP contribution in [0.1, 0.15) is 22.3 Å². The van der Waals surface area contributed by atoms with Crippen LogP contribution >= 0.6 is 0 Å². The van der Waals surface area contributed by atoms with E-state index in [2.05, 4.69) is 188 Å². The summed E-state index contributed by atoms with van der Waals surface area (Å²) in [5, 5.41) is 0. The van der Waals surface area contributed by atoms with Crippen LogP contribution in [0.15, 0.2) is 188 Å². The van der Waals surface area contributed by atoms with Crippen molar-refractivity contribution in [2.24, 2.45) is 0 Å². The molecule has 0 radical (unpaired) electrons. The summed E-state index contributed by atoms with van der Waals surface area (Å²) in [5.74, 6) is 0. The Morgan fingerprint density at radius 1 is 0.265 bits per heavy atom. The highest BCUT2D eigenvalue weighted by molar-refractivity contribution is 5.96. The Bertz CT molecular complexity index is 2480. The Balaban J connectivity index is 1.16. The normalized spacial score (nSPS) is 13.1. The molecule has 49 heavy (non-hydrogen) atoms. The third kappa shape index (κ3) is 4.16. The molecule has 0 fully saturated rings. The second kappa shape index (κ2) is 10.9. The van der Waals surface area contributed by atoms with Gasteiger partial charge in [0.2, 0.25) is 0 Å². The van der Waals surface area contributed by atoms with Gasteiger partial charge in [-0.3, -0.25) is 0 Å². The number of rotatable bonds is 4. The van der Waals surface area contributed by atoms with Gasteiger partial charge >= 0.3 is 0 Å². The summed E-state index contributed by atoms with van der Waals surface area (Å²) in [6, 6.07) is 68.4. The lowest BCUT2D eigenvalue weighted by molar-refractivity contribution is 0.794. The number of hydrogen-bond donors (Lipinski definition) is 0. The van der Waals surface area contributed by atoms with Crippen molar-refractivity contribution in [3.05, 3.63) is 210 Å². The Hall–Kier alpha value is -6.31. The third-order valence-corrected chi connectivity index (χ3v) is 10.5. The maximum atomic E-state index is 5.34. The van der Waals surface area contributed by atoms with Crippen molar-refractivity contribution in [3.63, 3.8) is 0 Å². The van der Waals surface area contributed by atoms with Gasteiger partial charge in [0.05, 0.1) is 16.8 Å². The minimum atomic E-state index is -0.345. The predicted molar refractivity (Wildman–Crippen MR) is 202 cm³/mol. The highest BCUT2D eigenvalue weighted by atomic mass is 14.7. The zero-order valence-electron chi connectivity index (χ0n) is 26.8. The van der Waals surface area contributed by atoms with Crippen LogP contribution in [0.3, 0.4) is 0 Å². The van der Waals surface area contributed by atoms with E-state index in [9.17, 15) is 0 Å². The van der Waals surface area contributed by atoms with Crippen molar-refractivity contribution >= 4 is 0 Å². The van der Waals surface area contributed by atoms with Crippen molar-refractivity contribution in [1.82, 2.24) is 4.98 Å². The molecule has 1 spiro atoms. The summed E-state index contributed by atoms with van der Waals surface area (Å²) in [6.07, 6.45) is 0. The zero-order valence-corrected chi connectivity index (χ0v) is 26.8. The van der Waals surface area contributed by atoms with E-state index in [-0.39, 0.29) is 5.41 Å². The zero-order chi connectivity index (χ0) is 32.4. The number of hydrogen-bond acceptors (Lipinski definition) is 1. The van der Waals surface area contributed by atoms with Crippen LogP contribution in [0.25, 0.3) is 67.0 Å². The van der Waals surface area contributed by atoms with Crippen LogP contribution < -0.4 is 0 Å². The average molecular weight is 622 g/mol. The Morgan fingerprint density at radius 2 is 0.653 bits per heavy atom. The molecule has 1 heteroatoms. The van der Waals surface area contributed by atoms with Crippen molar-refractivity contribution in [3.8, 4) is 67.0 Å². The SMILES string of the molecule is c1ccc(-c2ccc(-c3cc(-c4ccccc4)cc(-c4ccc5c(c4)-c4ccccc4C54c5ccccc5-c5ccccc54)n3)cc2)cc1. The first-order valence-electron chi connectivity index (χ1n) is 17.0. The van der Waals surface area contributed by atoms with Gasteiger partial charge in [-0.25, -0.2) is 4.98 Å². The summed E-state index contributed by atoms with van der Waals surface area (Å²) in [5.41, 5.74) is 19.2. The largest absolute Gasteiger partial charge is 0.248 e. The summed E-state index contributed by atoms with van der Waals surface area (Å²) < 4.78 is 0. The molecule has 7 aromatic carbocycles. The molecule has 228 valence electrons. The number of aromatic nitrogens is 1. The molecular formula is C48H31N. The number of nitrogens with zero attached hydrogens (tertiary/aromatic N) is 1. The lowest BCUT2D eigenvalue weighted by atomic mass is 9.70. The van der Waals surface area contributed by atoms with Crippen LogP contribution in [0.2, 0.25) is 0 Å². The van der Waals surface area contributed by atoms with Gasteiger partial charge in [-0.05, 0) is 85.0 Å². The molecule has 1 heterocycles. The summed E-state index contributed by atoms with van der Waals surface area (Å²) in [7, 11) is 0. The van der Waals surface area contributed by atoms with Crippen molar-refractivity contribution in [1.29, 1.82) is 0 Å². The Kier molecular flexibility index (Phi) is 6.16. The van der Waals surface area contributed by atoms with E-state index in [0.717, 1.165) is 28.1 Å². The molecule has 2 aliphatic carbocycles. The van der Waals surface area contributed by atoms with Gasteiger partial charge in [0.25, 0.3) is 0 Å². The molecule has 1 aromatic heterocycles. The first-order chi connectivity index (χ1) is 24.3. The van der Waals surface area contributed by atoms with E-state index in [1.165, 1.54) is 61.2 Å². The van der Waals surface area contributed by atoms with Crippen LogP contribution in [0.4, 0.5) is 0 Å². The second-order valence-electron chi connectivity index (χ2n) is 13.1. The van der Waals surface area contributed by atoms with E-state index in [1.54, 1.807) is 0 Å². The quantitative estimate of drug-likeness (QED) is 0.191. The van der Waals surface area contributed by atoms with E-state index in [4.69, 9.17) is 4.98 Å². The highest BCUT2D eigenvalue weighted by Gasteiger charge is 2.51. The molecule has 0 aliphatic heterocycles. The second-order valence-corrected chi connectivity index (χ2v) is 13.1. The smallest absolute Gasteiger partial charge is 0.0725 e. The lowest BCUT2D eigenvalue weighted by Gasteiger charge is -2.30. The van der Waals surface area contributed by atoms with Crippen molar-refractivity contribution < 1.29 is 0 Å². The molecular weight excluding hydrogens is 591 g/mol. The summed E-state index contributed by atoms with van der Waals surface area (Å²) in [6.45, 7) is 0. The lowest BCUT2D eigenvalue weighted by Crippen LogP contribution is -2.25. The van der Waals surface area contributed by atoms with Crippen molar-refractivity contribution in [2.75, 3.05) is 0 Å². The molecule has 0 bridgehead atoms. The number of benzene rings is 7. The summed E-state index contributed by atoms with van der Waals surface area (Å²) in [4.78, 5) is 5.34. The molecule has 2 aliphatic rings. The number of fused-ring (bicyclic) bond motifs is 10. The van der Waals surface area contributed by atoms with E-state index in [0.29, 0.717) is 0 Å². The fourth-order valence-electron chi connectivity index (χ4n) is 8.35. The minimum Gasteiger partial charge on any atom is -0.248 e. The molecule has 0 atom stereocenters. The minimum absolute atomic E-state index is 0.345. The Labute approximate surface area is 286 Å².